The number of allylic oxidation sites excluding steroid dienone is 2. The van der Waals surface area contributed by atoms with Crippen LogP contribution in [0.25, 0.3) is 12.2 Å². The van der Waals surface area contributed by atoms with Crippen molar-refractivity contribution in [1.29, 1.82) is 0 Å². The quantitative estimate of drug-likeness (QED) is 0.246. The predicted octanol–water partition coefficient (Wildman–Crippen LogP) is 6.99. The molecule has 37 heavy (non-hydrogen) atoms. The maximum atomic E-state index is 10.1. The molecule has 1 aliphatic rings. The van der Waals surface area contributed by atoms with Crippen molar-refractivity contribution in [3.8, 4) is 34.5 Å². The van der Waals surface area contributed by atoms with Crippen LogP contribution in [0.5, 0.6) is 34.5 Å². The van der Waals surface area contributed by atoms with E-state index in [1.807, 2.05) is 24.3 Å². The molecule has 0 unspecified atom stereocenters. The Morgan fingerprint density at radius 2 is 1.08 bits per heavy atom. The zero-order valence-electron chi connectivity index (χ0n) is 21.9. The molecule has 200 valence electrons. The fourth-order valence-corrected chi connectivity index (χ4v) is 5.61. The summed E-state index contributed by atoms with van der Waals surface area (Å²) in [5.41, 5.74) is 3.83. The molecule has 0 aliphatic heterocycles. The van der Waals surface area contributed by atoms with Gasteiger partial charge in [-0.25, -0.2) is 0 Å². The molecule has 1 N–H and O–H groups in total. The summed E-state index contributed by atoms with van der Waals surface area (Å²) in [6.45, 7) is 2.16. The minimum atomic E-state index is 0.296. The maximum absolute atomic E-state index is 10.1. The smallest absolute Gasteiger partial charge is 0.204 e. The van der Waals surface area contributed by atoms with Crippen LogP contribution in [0.2, 0.25) is 0 Å². The molecule has 1 aliphatic carbocycles. The van der Waals surface area contributed by atoms with Crippen molar-refractivity contribution in [2.24, 2.45) is 11.1 Å². The van der Waals surface area contributed by atoms with Crippen molar-refractivity contribution < 1.29 is 33.6 Å². The average Bonchev–Trinajstić information content (AvgIpc) is 2.89. The number of methoxy groups -OCH3 is 6. The second-order valence-corrected chi connectivity index (χ2v) is 9.98. The highest BCUT2D eigenvalue weighted by Crippen LogP contribution is 2.47. The fraction of sp³-hybridized carbons (Fsp3) is 0.370. The summed E-state index contributed by atoms with van der Waals surface area (Å²) in [6, 6.07) is 3.71. The van der Waals surface area contributed by atoms with E-state index in [9.17, 15) is 5.21 Å². The van der Waals surface area contributed by atoms with Crippen LogP contribution in [0.15, 0.2) is 37.4 Å². The van der Waals surface area contributed by atoms with Gasteiger partial charge in [0.15, 0.2) is 23.0 Å². The van der Waals surface area contributed by atoms with Crippen LogP contribution in [-0.2, 0) is 0 Å². The number of benzene rings is 2. The number of halogens is 2. The lowest BCUT2D eigenvalue weighted by Gasteiger charge is -2.26. The molecule has 0 atom stereocenters. The third-order valence-corrected chi connectivity index (χ3v) is 7.74. The van der Waals surface area contributed by atoms with Gasteiger partial charge >= 0.3 is 0 Å². The molecule has 0 spiro atoms. The Morgan fingerprint density at radius 1 is 0.703 bits per heavy atom. The first kappa shape index (κ1) is 28.7. The maximum Gasteiger partial charge on any atom is 0.204 e. The number of oxime groups is 1. The predicted molar refractivity (Wildman–Crippen MR) is 151 cm³/mol. The Kier molecular flexibility index (Phi) is 9.78. The van der Waals surface area contributed by atoms with E-state index in [0.29, 0.717) is 55.1 Å². The Bertz CT molecular complexity index is 1160. The average molecular weight is 641 g/mol. The van der Waals surface area contributed by atoms with Gasteiger partial charge < -0.3 is 33.6 Å². The van der Waals surface area contributed by atoms with Gasteiger partial charge in [0.2, 0.25) is 11.5 Å². The molecule has 0 bridgehead atoms. The van der Waals surface area contributed by atoms with Crippen LogP contribution in [-0.4, -0.2) is 53.6 Å². The van der Waals surface area contributed by atoms with Gasteiger partial charge in [-0.2, -0.15) is 0 Å². The Labute approximate surface area is 234 Å². The first-order valence-corrected chi connectivity index (χ1v) is 13.0. The molecule has 10 heteroatoms. The first-order chi connectivity index (χ1) is 17.8. The van der Waals surface area contributed by atoms with Gasteiger partial charge in [-0.3, -0.25) is 0 Å². The molecule has 3 rings (SSSR count). The standard InChI is InChI=1S/C27H31Br2NO7/c1-14-8-17(10-15-12-19(32-2)24(34-4)26(36-6)21(15)28)23(30-31)18(9-14)11-16-13-20(33-3)25(35-5)27(37-7)22(16)29/h10-14,31H,8-9H2,1-7H3/b17-10+,18-11+,30-23?. The number of hydrogen-bond acceptors (Lipinski definition) is 8. The van der Waals surface area contributed by atoms with Gasteiger partial charge in [-0.05, 0) is 97.2 Å². The van der Waals surface area contributed by atoms with E-state index in [4.69, 9.17) is 28.4 Å². The molecule has 2 aromatic rings. The zero-order valence-corrected chi connectivity index (χ0v) is 25.1. The number of hydrogen-bond donors (Lipinski definition) is 1. The Hall–Kier alpha value is -2.85. The molecule has 2 aromatic carbocycles. The van der Waals surface area contributed by atoms with Crippen LogP contribution in [0, 0.1) is 5.92 Å². The molecule has 0 heterocycles. The lowest BCUT2D eigenvalue weighted by molar-refractivity contribution is 0.318. The molecule has 8 nitrogen and oxygen atoms in total. The minimum Gasteiger partial charge on any atom is -0.493 e. The summed E-state index contributed by atoms with van der Waals surface area (Å²) in [4.78, 5) is 0. The second kappa shape index (κ2) is 12.6. The topological polar surface area (TPSA) is 88.0 Å². The van der Waals surface area contributed by atoms with E-state index in [1.54, 1.807) is 42.7 Å². The van der Waals surface area contributed by atoms with Gasteiger partial charge in [0, 0.05) is 0 Å². The normalized spacial score (nSPS) is 17.5. The van der Waals surface area contributed by atoms with E-state index >= 15 is 0 Å². The van der Waals surface area contributed by atoms with Gasteiger partial charge in [0.1, 0.15) is 5.71 Å². The van der Waals surface area contributed by atoms with Gasteiger partial charge in [0.05, 0.1) is 51.6 Å². The molecule has 0 amide bonds. The van der Waals surface area contributed by atoms with Crippen molar-refractivity contribution in [3.63, 3.8) is 0 Å². The monoisotopic (exact) mass is 639 g/mol. The summed E-state index contributed by atoms with van der Waals surface area (Å²) < 4.78 is 34.6. The van der Waals surface area contributed by atoms with Gasteiger partial charge in [0.25, 0.3) is 0 Å². The summed E-state index contributed by atoms with van der Waals surface area (Å²) in [5, 5.41) is 13.8. The summed E-state index contributed by atoms with van der Waals surface area (Å²) >= 11 is 7.27. The van der Waals surface area contributed by atoms with Crippen LogP contribution in [0.4, 0.5) is 0 Å². The molecule has 1 fully saturated rings. The van der Waals surface area contributed by atoms with E-state index in [0.717, 1.165) is 35.1 Å². The molecule has 0 saturated heterocycles. The first-order valence-electron chi connectivity index (χ1n) is 11.4. The summed E-state index contributed by atoms with van der Waals surface area (Å²) in [7, 11) is 9.39. The molecular weight excluding hydrogens is 610 g/mol. The van der Waals surface area contributed by atoms with Crippen molar-refractivity contribution >= 4 is 49.7 Å². The van der Waals surface area contributed by atoms with E-state index in [-0.39, 0.29) is 0 Å². The minimum absolute atomic E-state index is 0.296. The van der Waals surface area contributed by atoms with Crippen LogP contribution < -0.4 is 28.4 Å². The Morgan fingerprint density at radius 3 is 1.38 bits per heavy atom. The van der Waals surface area contributed by atoms with Crippen LogP contribution in [0.3, 0.4) is 0 Å². The molecular formula is C27H31Br2NO7. The third kappa shape index (κ3) is 5.70. The van der Waals surface area contributed by atoms with Gasteiger partial charge in [-0.15, -0.1) is 0 Å². The van der Waals surface area contributed by atoms with E-state index < -0.39 is 0 Å². The summed E-state index contributed by atoms with van der Waals surface area (Å²) in [6.07, 6.45) is 5.38. The third-order valence-electron chi connectivity index (χ3n) is 6.10. The zero-order chi connectivity index (χ0) is 27.3. The molecule has 0 radical (unpaired) electrons. The van der Waals surface area contributed by atoms with Crippen molar-refractivity contribution in [1.82, 2.24) is 0 Å². The number of nitrogens with zero attached hydrogens (tertiary/aromatic N) is 1. The summed E-state index contributed by atoms with van der Waals surface area (Å²) in [5.74, 6) is 3.34. The van der Waals surface area contributed by atoms with Crippen LogP contribution >= 0.6 is 31.9 Å². The number of rotatable bonds is 8. The largest absolute Gasteiger partial charge is 0.493 e. The van der Waals surface area contributed by atoms with Crippen molar-refractivity contribution in [2.75, 3.05) is 42.7 Å². The lowest BCUT2D eigenvalue weighted by atomic mass is 9.80. The van der Waals surface area contributed by atoms with Crippen LogP contribution in [0.1, 0.15) is 30.9 Å². The highest BCUT2D eigenvalue weighted by Gasteiger charge is 2.27. The highest BCUT2D eigenvalue weighted by molar-refractivity contribution is 9.11. The van der Waals surface area contributed by atoms with Crippen molar-refractivity contribution in [2.45, 2.75) is 19.8 Å². The molecule has 1 saturated carbocycles. The molecule has 0 aromatic heterocycles. The highest BCUT2D eigenvalue weighted by atomic mass is 79.9. The fourth-order valence-electron chi connectivity index (χ4n) is 4.47. The second-order valence-electron chi connectivity index (χ2n) is 8.40. The SMILES string of the molecule is COc1cc(/C=C2\CC(C)C/C(=C\c3cc(OC)c(OC)c(OC)c3Br)C2=NO)c(Br)c(OC)c1OC. The Balaban J connectivity index is 2.18. The van der Waals surface area contributed by atoms with Gasteiger partial charge in [-0.1, -0.05) is 12.1 Å². The van der Waals surface area contributed by atoms with Crippen molar-refractivity contribution in [3.05, 3.63) is 43.4 Å². The lowest BCUT2D eigenvalue weighted by Crippen LogP contribution is -2.18. The number of ether oxygens (including phenoxy) is 6. The van der Waals surface area contributed by atoms with E-state index in [2.05, 4.69) is 43.9 Å². The van der Waals surface area contributed by atoms with E-state index in [1.165, 1.54) is 0 Å².